The maximum atomic E-state index is 12.4. The molecule has 1 aromatic carbocycles. The maximum absolute atomic E-state index is 12.4. The lowest BCUT2D eigenvalue weighted by atomic mass is 9.89. The molecule has 2 unspecified atom stereocenters. The summed E-state index contributed by atoms with van der Waals surface area (Å²) in [6.45, 7) is 7.68. The maximum Gasteiger partial charge on any atom is 0.321 e. The summed E-state index contributed by atoms with van der Waals surface area (Å²) >= 11 is 0. The van der Waals surface area contributed by atoms with E-state index in [0.717, 1.165) is 23.3 Å². The Morgan fingerprint density at radius 1 is 1.52 bits per heavy atom. The monoisotopic (exact) mass is 290 g/mol. The van der Waals surface area contributed by atoms with E-state index in [2.05, 4.69) is 5.32 Å². The molecule has 1 aromatic rings. The van der Waals surface area contributed by atoms with Crippen molar-refractivity contribution in [1.29, 1.82) is 0 Å². The van der Waals surface area contributed by atoms with E-state index in [9.17, 15) is 4.79 Å². The van der Waals surface area contributed by atoms with Crippen LogP contribution in [0.5, 0.6) is 5.75 Å². The van der Waals surface area contributed by atoms with E-state index in [1.54, 1.807) is 4.90 Å². The molecule has 2 amide bonds. The molecule has 0 spiro atoms. The number of amides is 2. The van der Waals surface area contributed by atoms with Gasteiger partial charge in [0.05, 0.1) is 12.6 Å². The van der Waals surface area contributed by atoms with Crippen LogP contribution in [0.1, 0.15) is 37.4 Å². The Labute approximate surface area is 125 Å². The third-order valence-corrected chi connectivity index (χ3v) is 4.30. The molecular weight excluding hydrogens is 268 g/mol. The molecule has 2 aliphatic rings. The third kappa shape index (κ3) is 2.35. The lowest BCUT2D eigenvalue weighted by molar-refractivity contribution is -0.0909. The second-order valence-corrected chi connectivity index (χ2v) is 5.83. The zero-order chi connectivity index (χ0) is 15.0. The zero-order valence-corrected chi connectivity index (χ0v) is 12.8. The standard InChI is InChI=1S/C16H22N2O3/c1-4-20-9-8-18-15(19)17-13-10-16(18,3)21-14-11(2)6-5-7-12(13)14/h5-7,13H,4,8-10H2,1-3H3,(H,17,19). The highest BCUT2D eigenvalue weighted by Crippen LogP contribution is 2.45. The Bertz CT molecular complexity index is 560. The number of rotatable bonds is 4. The summed E-state index contributed by atoms with van der Waals surface area (Å²) in [6.07, 6.45) is 0.751. The van der Waals surface area contributed by atoms with E-state index in [-0.39, 0.29) is 12.1 Å². The molecule has 2 aliphatic heterocycles. The Balaban J connectivity index is 1.91. The van der Waals surface area contributed by atoms with Crippen LogP contribution in [0.3, 0.4) is 0 Å². The molecule has 21 heavy (non-hydrogen) atoms. The molecule has 1 fully saturated rings. The predicted molar refractivity (Wildman–Crippen MR) is 79.3 cm³/mol. The second-order valence-electron chi connectivity index (χ2n) is 5.83. The van der Waals surface area contributed by atoms with Crippen molar-refractivity contribution in [3.05, 3.63) is 29.3 Å². The quantitative estimate of drug-likeness (QED) is 0.867. The lowest BCUT2D eigenvalue weighted by Gasteiger charge is -2.51. The molecule has 2 heterocycles. The number of para-hydroxylation sites is 1. The summed E-state index contributed by atoms with van der Waals surface area (Å²) in [7, 11) is 0. The number of aryl methyl sites for hydroxylation is 1. The number of hydrogen-bond acceptors (Lipinski definition) is 3. The third-order valence-electron chi connectivity index (χ3n) is 4.30. The summed E-state index contributed by atoms with van der Waals surface area (Å²) in [4.78, 5) is 14.1. The van der Waals surface area contributed by atoms with Gasteiger partial charge < -0.3 is 14.8 Å². The summed E-state index contributed by atoms with van der Waals surface area (Å²) in [5.74, 6) is 0.901. The van der Waals surface area contributed by atoms with Gasteiger partial charge in [0.1, 0.15) is 5.75 Å². The van der Waals surface area contributed by atoms with Crippen molar-refractivity contribution in [2.45, 2.75) is 39.0 Å². The van der Waals surface area contributed by atoms with Crippen LogP contribution in [0, 0.1) is 6.92 Å². The number of nitrogens with one attached hydrogen (secondary N) is 1. The van der Waals surface area contributed by atoms with Gasteiger partial charge in [-0.15, -0.1) is 0 Å². The minimum Gasteiger partial charge on any atom is -0.467 e. The predicted octanol–water partition coefficient (Wildman–Crippen LogP) is 2.60. The largest absolute Gasteiger partial charge is 0.467 e. The van der Waals surface area contributed by atoms with E-state index in [0.29, 0.717) is 19.8 Å². The minimum absolute atomic E-state index is 0.0227. The first-order valence-corrected chi connectivity index (χ1v) is 7.49. The lowest BCUT2D eigenvalue weighted by Crippen LogP contribution is -2.65. The molecule has 1 N–H and O–H groups in total. The van der Waals surface area contributed by atoms with E-state index in [4.69, 9.17) is 9.47 Å². The van der Waals surface area contributed by atoms with Crippen LogP contribution in [-0.4, -0.2) is 36.4 Å². The summed E-state index contributed by atoms with van der Waals surface area (Å²) < 4.78 is 11.6. The highest BCUT2D eigenvalue weighted by molar-refractivity contribution is 5.77. The van der Waals surface area contributed by atoms with Crippen molar-refractivity contribution >= 4 is 6.03 Å². The Hall–Kier alpha value is -1.75. The summed E-state index contributed by atoms with van der Waals surface area (Å²) in [5.41, 5.74) is 1.57. The fourth-order valence-corrected chi connectivity index (χ4v) is 3.21. The van der Waals surface area contributed by atoms with E-state index >= 15 is 0 Å². The number of benzene rings is 1. The molecule has 5 nitrogen and oxygen atoms in total. The first-order valence-electron chi connectivity index (χ1n) is 7.49. The van der Waals surface area contributed by atoms with Crippen LogP contribution in [0.25, 0.3) is 0 Å². The van der Waals surface area contributed by atoms with Gasteiger partial charge in [0, 0.05) is 25.1 Å². The Morgan fingerprint density at radius 3 is 3.10 bits per heavy atom. The van der Waals surface area contributed by atoms with Crippen molar-refractivity contribution in [3.63, 3.8) is 0 Å². The van der Waals surface area contributed by atoms with Crippen molar-refractivity contribution in [2.75, 3.05) is 19.8 Å². The molecule has 114 valence electrons. The van der Waals surface area contributed by atoms with Crippen LogP contribution in [0.2, 0.25) is 0 Å². The van der Waals surface area contributed by atoms with Gasteiger partial charge in [0.2, 0.25) is 0 Å². The first kappa shape index (κ1) is 14.2. The van der Waals surface area contributed by atoms with Gasteiger partial charge >= 0.3 is 6.03 Å². The Kier molecular flexibility index (Phi) is 3.53. The summed E-state index contributed by atoms with van der Waals surface area (Å²) in [5, 5.41) is 3.08. The number of hydrogen-bond donors (Lipinski definition) is 1. The molecule has 0 radical (unpaired) electrons. The minimum atomic E-state index is -0.608. The normalized spacial score (nSPS) is 26.9. The molecule has 2 bridgehead atoms. The van der Waals surface area contributed by atoms with Crippen LogP contribution in [-0.2, 0) is 4.74 Å². The number of nitrogens with zero attached hydrogens (tertiary/aromatic N) is 1. The van der Waals surface area contributed by atoms with E-state index in [1.165, 1.54) is 0 Å². The van der Waals surface area contributed by atoms with Gasteiger partial charge in [-0.3, -0.25) is 4.90 Å². The molecular formula is C16H22N2O3. The van der Waals surface area contributed by atoms with Gasteiger partial charge in [0.25, 0.3) is 0 Å². The fourth-order valence-electron chi connectivity index (χ4n) is 3.21. The fraction of sp³-hybridized carbons (Fsp3) is 0.562. The van der Waals surface area contributed by atoms with E-state index < -0.39 is 5.72 Å². The molecule has 5 heteroatoms. The summed E-state index contributed by atoms with van der Waals surface area (Å²) in [6, 6.07) is 6.02. The van der Waals surface area contributed by atoms with Gasteiger partial charge in [-0.1, -0.05) is 18.2 Å². The average Bonchev–Trinajstić information content (AvgIpc) is 2.43. The van der Waals surface area contributed by atoms with Crippen molar-refractivity contribution < 1.29 is 14.3 Å². The number of urea groups is 1. The van der Waals surface area contributed by atoms with Crippen molar-refractivity contribution in [1.82, 2.24) is 10.2 Å². The van der Waals surface area contributed by atoms with Crippen molar-refractivity contribution in [3.8, 4) is 5.75 Å². The van der Waals surface area contributed by atoms with Crippen LogP contribution < -0.4 is 10.1 Å². The van der Waals surface area contributed by atoms with Gasteiger partial charge in [0.15, 0.2) is 5.72 Å². The number of carbonyl (C=O) groups is 1. The number of carbonyl (C=O) groups excluding carboxylic acids is 1. The average molecular weight is 290 g/mol. The second kappa shape index (κ2) is 5.22. The van der Waals surface area contributed by atoms with E-state index in [1.807, 2.05) is 39.0 Å². The van der Waals surface area contributed by atoms with Crippen LogP contribution in [0.15, 0.2) is 18.2 Å². The van der Waals surface area contributed by atoms with Gasteiger partial charge in [-0.05, 0) is 26.3 Å². The number of ether oxygens (including phenoxy) is 2. The Morgan fingerprint density at radius 2 is 2.33 bits per heavy atom. The molecule has 0 saturated carbocycles. The van der Waals surface area contributed by atoms with Crippen LogP contribution >= 0.6 is 0 Å². The molecule has 3 rings (SSSR count). The van der Waals surface area contributed by atoms with Gasteiger partial charge in [-0.25, -0.2) is 4.79 Å². The van der Waals surface area contributed by atoms with Crippen LogP contribution in [0.4, 0.5) is 4.79 Å². The molecule has 0 aromatic heterocycles. The molecule has 0 aliphatic carbocycles. The first-order chi connectivity index (χ1) is 10.0. The van der Waals surface area contributed by atoms with Gasteiger partial charge in [-0.2, -0.15) is 0 Å². The SMILES string of the molecule is CCOCCN1C(=O)NC2CC1(C)Oc1c(C)cccc12. The topological polar surface area (TPSA) is 50.8 Å². The van der Waals surface area contributed by atoms with Crippen molar-refractivity contribution in [2.24, 2.45) is 0 Å². The smallest absolute Gasteiger partial charge is 0.321 e. The molecule has 2 atom stereocenters. The highest BCUT2D eigenvalue weighted by atomic mass is 16.5. The zero-order valence-electron chi connectivity index (χ0n) is 12.8. The number of fused-ring (bicyclic) bond motifs is 4. The highest BCUT2D eigenvalue weighted by Gasteiger charge is 2.49. The molecule has 1 saturated heterocycles.